The lowest BCUT2D eigenvalue weighted by Crippen LogP contribution is -2.23. The van der Waals surface area contributed by atoms with Crippen molar-refractivity contribution in [3.05, 3.63) is 28.8 Å². The van der Waals surface area contributed by atoms with Crippen molar-refractivity contribution in [3.8, 4) is 5.75 Å². The summed E-state index contributed by atoms with van der Waals surface area (Å²) in [4.78, 5) is 0. The van der Waals surface area contributed by atoms with E-state index in [0.717, 1.165) is 17.7 Å². The minimum Gasteiger partial charge on any atom is -0.491 e. The van der Waals surface area contributed by atoms with Crippen LogP contribution in [0.4, 0.5) is 0 Å². The fraction of sp³-hybridized carbons (Fsp3) is 0.400. The molecule has 1 N–H and O–H groups in total. The molecule has 0 saturated heterocycles. The summed E-state index contributed by atoms with van der Waals surface area (Å²) in [5.41, 5.74) is 1.10. The second-order valence-electron chi connectivity index (χ2n) is 3.29. The van der Waals surface area contributed by atoms with Gasteiger partial charge >= 0.3 is 0 Å². The van der Waals surface area contributed by atoms with Crippen LogP contribution < -0.4 is 4.74 Å². The number of hydrogen-bond donors (Lipinski definition) is 1. The van der Waals surface area contributed by atoms with E-state index in [9.17, 15) is 0 Å². The first-order valence-corrected chi connectivity index (χ1v) is 4.70. The monoisotopic (exact) mass is 198 g/mol. The van der Waals surface area contributed by atoms with Crippen LogP contribution in [-0.2, 0) is 6.42 Å². The van der Waals surface area contributed by atoms with E-state index in [2.05, 4.69) is 0 Å². The van der Waals surface area contributed by atoms with Gasteiger partial charge in [-0.2, -0.15) is 0 Å². The molecule has 1 aliphatic heterocycles. The summed E-state index contributed by atoms with van der Waals surface area (Å²) in [5.74, 6) is 1.000. The van der Waals surface area contributed by atoms with Crippen molar-refractivity contribution >= 4 is 11.6 Å². The number of fused-ring (bicyclic) bond motifs is 1. The summed E-state index contributed by atoms with van der Waals surface area (Å²) < 4.78 is 5.47. The molecule has 3 heteroatoms. The maximum absolute atomic E-state index is 8.97. The topological polar surface area (TPSA) is 29.5 Å². The maximum Gasteiger partial charge on any atom is 0.141 e. The molecule has 0 spiro atoms. The van der Waals surface area contributed by atoms with Crippen LogP contribution in [0.15, 0.2) is 18.2 Å². The number of hydrogen-bond acceptors (Lipinski definition) is 2. The van der Waals surface area contributed by atoms with Gasteiger partial charge in [-0.3, -0.25) is 0 Å². The van der Waals surface area contributed by atoms with E-state index in [1.54, 1.807) is 0 Å². The molecule has 1 heterocycles. The van der Waals surface area contributed by atoms with Gasteiger partial charge in [0.2, 0.25) is 0 Å². The van der Waals surface area contributed by atoms with Crippen molar-refractivity contribution < 1.29 is 9.84 Å². The molecule has 70 valence electrons. The molecule has 1 aliphatic rings. The smallest absolute Gasteiger partial charge is 0.141 e. The van der Waals surface area contributed by atoms with E-state index in [1.165, 1.54) is 0 Å². The molecule has 2 nitrogen and oxygen atoms in total. The highest BCUT2D eigenvalue weighted by molar-refractivity contribution is 6.32. The highest BCUT2D eigenvalue weighted by Crippen LogP contribution is 2.33. The van der Waals surface area contributed by atoms with Crippen LogP contribution in [0.2, 0.25) is 5.02 Å². The van der Waals surface area contributed by atoms with Crippen molar-refractivity contribution in [1.29, 1.82) is 0 Å². The van der Waals surface area contributed by atoms with Crippen LogP contribution in [0.3, 0.4) is 0 Å². The second kappa shape index (κ2) is 3.56. The quantitative estimate of drug-likeness (QED) is 0.747. The highest BCUT2D eigenvalue weighted by atomic mass is 35.5. The minimum atomic E-state index is 0.173. The van der Waals surface area contributed by atoms with E-state index < -0.39 is 0 Å². The molecule has 0 aliphatic carbocycles. The standard InChI is InChI=1S/C10H11ClO2/c11-9-3-1-2-8-4-7(5-12)6-13-10(8)9/h1-3,7,12H,4-6H2. The Morgan fingerprint density at radius 2 is 2.38 bits per heavy atom. The first-order valence-electron chi connectivity index (χ1n) is 4.32. The van der Waals surface area contributed by atoms with Crippen LogP contribution in [-0.4, -0.2) is 18.3 Å². The Morgan fingerprint density at radius 3 is 3.15 bits per heavy atom. The Morgan fingerprint density at radius 1 is 1.54 bits per heavy atom. The van der Waals surface area contributed by atoms with Crippen molar-refractivity contribution in [3.63, 3.8) is 0 Å². The fourth-order valence-corrected chi connectivity index (χ4v) is 1.81. The second-order valence-corrected chi connectivity index (χ2v) is 3.70. The van der Waals surface area contributed by atoms with Gasteiger partial charge in [-0.15, -0.1) is 0 Å². The third-order valence-corrected chi connectivity index (χ3v) is 2.58. The molecule has 0 radical (unpaired) electrons. The largest absolute Gasteiger partial charge is 0.491 e. The molecule has 1 atom stereocenters. The molecular formula is C10H11ClO2. The first kappa shape index (κ1) is 8.85. The summed E-state index contributed by atoms with van der Waals surface area (Å²) >= 11 is 5.95. The Bertz CT molecular complexity index is 312. The van der Waals surface area contributed by atoms with Crippen molar-refractivity contribution in [2.75, 3.05) is 13.2 Å². The molecule has 13 heavy (non-hydrogen) atoms. The Hall–Kier alpha value is -0.730. The average molecular weight is 199 g/mol. The zero-order valence-electron chi connectivity index (χ0n) is 7.16. The lowest BCUT2D eigenvalue weighted by Gasteiger charge is -2.24. The van der Waals surface area contributed by atoms with Crippen molar-refractivity contribution in [1.82, 2.24) is 0 Å². The predicted molar refractivity (Wildman–Crippen MR) is 51.2 cm³/mol. The number of halogens is 1. The van der Waals surface area contributed by atoms with E-state index in [1.807, 2.05) is 18.2 Å². The molecule has 2 rings (SSSR count). The van der Waals surface area contributed by atoms with Crippen LogP contribution in [0.5, 0.6) is 5.75 Å². The molecule has 0 amide bonds. The molecule has 0 fully saturated rings. The number of rotatable bonds is 1. The van der Waals surface area contributed by atoms with E-state index in [4.69, 9.17) is 21.4 Å². The number of benzene rings is 1. The van der Waals surface area contributed by atoms with Gasteiger partial charge in [0.15, 0.2) is 0 Å². The molecule has 0 bridgehead atoms. The Balaban J connectivity index is 2.31. The third-order valence-electron chi connectivity index (χ3n) is 2.28. The molecule has 1 aromatic rings. The first-order chi connectivity index (χ1) is 6.31. The van der Waals surface area contributed by atoms with Gasteiger partial charge < -0.3 is 9.84 Å². The van der Waals surface area contributed by atoms with Crippen LogP contribution in [0.1, 0.15) is 5.56 Å². The number of aliphatic hydroxyl groups is 1. The van der Waals surface area contributed by atoms with E-state index in [-0.39, 0.29) is 12.5 Å². The lowest BCUT2D eigenvalue weighted by atomic mass is 9.98. The van der Waals surface area contributed by atoms with Crippen molar-refractivity contribution in [2.45, 2.75) is 6.42 Å². The normalized spacial score (nSPS) is 20.6. The van der Waals surface area contributed by atoms with E-state index >= 15 is 0 Å². The van der Waals surface area contributed by atoms with Crippen molar-refractivity contribution in [2.24, 2.45) is 5.92 Å². The Labute approximate surface area is 82.1 Å². The van der Waals surface area contributed by atoms with Gasteiger partial charge in [0.05, 0.1) is 11.6 Å². The predicted octanol–water partition coefficient (Wildman–Crippen LogP) is 1.88. The number of ether oxygens (including phenoxy) is 1. The molecule has 0 saturated carbocycles. The molecule has 1 unspecified atom stereocenters. The minimum absolute atomic E-state index is 0.173. The van der Waals surface area contributed by atoms with Crippen LogP contribution in [0.25, 0.3) is 0 Å². The van der Waals surface area contributed by atoms with Crippen LogP contribution >= 0.6 is 11.6 Å². The maximum atomic E-state index is 8.97. The summed E-state index contributed by atoms with van der Waals surface area (Å²) in [6.07, 6.45) is 0.854. The summed E-state index contributed by atoms with van der Waals surface area (Å²) in [7, 11) is 0. The fourth-order valence-electron chi connectivity index (χ4n) is 1.56. The van der Waals surface area contributed by atoms with E-state index in [0.29, 0.717) is 11.6 Å². The average Bonchev–Trinajstić information content (AvgIpc) is 2.18. The SMILES string of the molecule is OCC1COc2c(Cl)cccc2C1. The van der Waals surface area contributed by atoms with Gasteiger partial charge in [0, 0.05) is 12.5 Å². The molecule has 0 aromatic heterocycles. The summed E-state index contributed by atoms with van der Waals surface area (Å²) in [6.45, 7) is 0.735. The van der Waals surface area contributed by atoms with Gasteiger partial charge in [-0.1, -0.05) is 23.7 Å². The van der Waals surface area contributed by atoms with Gasteiger partial charge in [0.1, 0.15) is 5.75 Å². The van der Waals surface area contributed by atoms with Gasteiger partial charge in [-0.25, -0.2) is 0 Å². The molecule has 1 aromatic carbocycles. The lowest BCUT2D eigenvalue weighted by molar-refractivity contribution is 0.147. The zero-order valence-corrected chi connectivity index (χ0v) is 7.92. The highest BCUT2D eigenvalue weighted by Gasteiger charge is 2.20. The summed E-state index contributed by atoms with van der Waals surface area (Å²) in [5, 5.41) is 9.63. The van der Waals surface area contributed by atoms with Crippen LogP contribution in [0, 0.1) is 5.92 Å². The summed E-state index contributed by atoms with van der Waals surface area (Å²) in [6, 6.07) is 5.72. The zero-order chi connectivity index (χ0) is 9.26. The van der Waals surface area contributed by atoms with Gasteiger partial charge in [0.25, 0.3) is 0 Å². The number of para-hydroxylation sites is 1. The number of aliphatic hydroxyl groups excluding tert-OH is 1. The third kappa shape index (κ3) is 1.64. The molecular weight excluding hydrogens is 188 g/mol. The van der Waals surface area contributed by atoms with Gasteiger partial charge in [-0.05, 0) is 18.1 Å². The Kier molecular flexibility index (Phi) is 2.42.